The first-order valence-corrected chi connectivity index (χ1v) is 31.8. The molecule has 0 aromatic heterocycles. The quantitative estimate of drug-likeness (QED) is 0.0501. The summed E-state index contributed by atoms with van der Waals surface area (Å²) in [5.74, 6) is -0.251. The van der Waals surface area contributed by atoms with Crippen LogP contribution >= 0.6 is 23.2 Å². The second kappa shape index (κ2) is 28.0. The summed E-state index contributed by atoms with van der Waals surface area (Å²) in [5.41, 5.74) is 9.51. The molecule has 4 aromatic carbocycles. The Kier molecular flexibility index (Phi) is 21.3. The highest BCUT2D eigenvalue weighted by atomic mass is 35.5. The fourth-order valence-electron chi connectivity index (χ4n) is 12.3. The highest BCUT2D eigenvalue weighted by Gasteiger charge is 2.35. The number of nitrogens with one attached hydrogen (secondary N) is 4. The fraction of sp³-hybridized carbons (Fsp3) is 0.517. The first-order valence-electron chi connectivity index (χ1n) is 27.9. The van der Waals surface area contributed by atoms with Crippen molar-refractivity contribution in [3.05, 3.63) is 125 Å². The maximum absolute atomic E-state index is 13.0. The van der Waals surface area contributed by atoms with E-state index in [0.717, 1.165) is 83.5 Å². The maximum atomic E-state index is 13.0. The highest BCUT2D eigenvalue weighted by molar-refractivity contribution is 7.89. The van der Waals surface area contributed by atoms with Crippen LogP contribution in [-0.2, 0) is 42.6 Å². The number of urea groups is 2. The number of hydrogen-bond donors (Lipinski definition) is 6. The lowest BCUT2D eigenvalue weighted by Crippen LogP contribution is -2.39. The lowest BCUT2D eigenvalue weighted by molar-refractivity contribution is 0.113. The van der Waals surface area contributed by atoms with E-state index in [9.17, 15) is 36.9 Å². The first kappa shape index (κ1) is 62.6. The van der Waals surface area contributed by atoms with Crippen LogP contribution in [0.3, 0.4) is 0 Å². The summed E-state index contributed by atoms with van der Waals surface area (Å²) in [7, 11) is -4.10. The van der Waals surface area contributed by atoms with Gasteiger partial charge in [0.2, 0.25) is 20.0 Å². The molecule has 8 rings (SSSR count). The molecular weight excluding hydrogens is 1130 g/mol. The summed E-state index contributed by atoms with van der Waals surface area (Å²) in [6.45, 7) is 13.6. The van der Waals surface area contributed by atoms with Gasteiger partial charge in [-0.1, -0.05) is 35.3 Å². The zero-order chi connectivity index (χ0) is 58.9. The van der Waals surface area contributed by atoms with Crippen LogP contribution < -0.4 is 31.5 Å². The minimum absolute atomic E-state index is 0.0799. The van der Waals surface area contributed by atoms with Crippen molar-refractivity contribution < 1.29 is 35.9 Å². The number of rotatable bonds is 23. The number of nitrogens with two attached hydrogens (primary N) is 2. The van der Waals surface area contributed by atoms with Gasteiger partial charge in [0.25, 0.3) is 0 Å². The zero-order valence-electron chi connectivity index (χ0n) is 47.2. The first-order chi connectivity index (χ1) is 39.1. The van der Waals surface area contributed by atoms with Gasteiger partial charge < -0.3 is 50.3 Å². The number of halogens is 2. The fourth-order valence-corrected chi connectivity index (χ4v) is 14.4. The molecule has 4 aromatic rings. The molecule has 4 atom stereocenters. The van der Waals surface area contributed by atoms with Crippen LogP contribution in [0.2, 0.25) is 10.0 Å². The minimum Gasteiger partial charge on any atom is -0.378 e. The normalized spacial score (nSPS) is 19.7. The Morgan fingerprint density at radius 2 is 0.976 bits per heavy atom. The molecule has 2 fully saturated rings. The van der Waals surface area contributed by atoms with Crippen molar-refractivity contribution in [3.63, 3.8) is 0 Å². The number of ether oxygens (including phenoxy) is 2. The van der Waals surface area contributed by atoms with Crippen molar-refractivity contribution in [3.8, 4) is 12.1 Å². The monoisotopic (exact) mass is 1200 g/mol. The number of primary sulfonamides is 2. The zero-order valence-corrected chi connectivity index (χ0v) is 50.3. The molecule has 82 heavy (non-hydrogen) atoms. The van der Waals surface area contributed by atoms with Crippen molar-refractivity contribution in [2.24, 2.45) is 10.3 Å². The van der Waals surface area contributed by atoms with Crippen LogP contribution in [-0.4, -0.2) is 168 Å². The van der Waals surface area contributed by atoms with E-state index >= 15 is 0 Å². The summed E-state index contributed by atoms with van der Waals surface area (Å²) in [4.78, 5) is 33.8. The van der Waals surface area contributed by atoms with Gasteiger partial charge in [-0.05, 0) is 171 Å². The number of carbonyl (C=O) groups excluding carboxylic acids is 2. The third kappa shape index (κ3) is 15.8. The predicted octanol–water partition coefficient (Wildman–Crippen LogP) is 5.49. The molecule has 442 valence electrons. The summed E-state index contributed by atoms with van der Waals surface area (Å²) in [6.07, 6.45) is 3.01. The van der Waals surface area contributed by atoms with Crippen molar-refractivity contribution in [1.82, 2.24) is 40.9 Å². The number of nitriles is 2. The maximum Gasteiger partial charge on any atom is 0.314 e. The van der Waals surface area contributed by atoms with Crippen molar-refractivity contribution in [1.29, 1.82) is 10.5 Å². The standard InChI is InChI=1S/C58H76Cl2N12O8S2/c1-37-47(23-41(25-55(37)81(63,75)76)51-33-69(3)35-53-43(29-61)21-45(59)27-49(51)53)39-7-13-71(31-39)15-19-79-17-11-67-57(73)65-9-5-6-10-66-58(74)68-12-18-80-20-16-72-14-8-40(32-72)48-24-42(26-56(38(48)2)82(64,77)78)52-34-70(4)36-54-44(30-62)22-46(60)28-50(52)54/h21-28,39-40,51-52H,5-20,31-36H2,1-4H3,(H2,63,75,76)(H2,64,77,78)(H2,65,67,73)(H2,66,68,74)/t39-,40-,51?,52?/m0/s1. The molecule has 8 N–H and O–H groups in total. The molecule has 0 bridgehead atoms. The average molecular weight is 1200 g/mol. The third-order valence-electron chi connectivity index (χ3n) is 16.4. The van der Waals surface area contributed by atoms with Gasteiger partial charge >= 0.3 is 12.1 Å². The Hall–Kier alpha value is -5.44. The van der Waals surface area contributed by atoms with E-state index in [1.54, 1.807) is 24.3 Å². The topological polar surface area (TPSA) is 282 Å². The Bertz CT molecular complexity index is 3100. The van der Waals surface area contributed by atoms with Crippen molar-refractivity contribution in [2.45, 2.75) is 86.1 Å². The Labute approximate surface area is 492 Å². The van der Waals surface area contributed by atoms with Crippen LogP contribution in [0, 0.1) is 36.5 Å². The van der Waals surface area contributed by atoms with Gasteiger partial charge in [0.05, 0.1) is 59.5 Å². The SMILES string of the molecule is Cc1c([C@H]2CCN(CCOCCNC(=O)NCCCCNC(=O)NCCOCCN3CC[C@H](c4cc(C5CN(C)Cc6c(C#N)cc(Cl)cc65)cc(S(N)(=O)=O)c4C)C3)C2)cc(C2CN(C)Cc3c(C#N)cc(Cl)cc32)cc1S(N)(=O)=O. The van der Waals surface area contributed by atoms with Gasteiger partial charge in [0.15, 0.2) is 0 Å². The van der Waals surface area contributed by atoms with Crippen LogP contribution in [0.4, 0.5) is 9.59 Å². The van der Waals surface area contributed by atoms with E-state index in [1.165, 1.54) is 0 Å². The summed E-state index contributed by atoms with van der Waals surface area (Å²) in [6, 6.07) is 18.7. The third-order valence-corrected chi connectivity index (χ3v) is 18.9. The Morgan fingerprint density at radius 3 is 1.35 bits per heavy atom. The smallest absolute Gasteiger partial charge is 0.314 e. The van der Waals surface area contributed by atoms with Crippen LogP contribution in [0.25, 0.3) is 0 Å². The number of nitrogens with zero attached hydrogens (tertiary/aromatic N) is 6. The molecule has 0 radical (unpaired) electrons. The molecule has 2 unspecified atom stereocenters. The van der Waals surface area contributed by atoms with Gasteiger partial charge in [-0.2, -0.15) is 10.5 Å². The Morgan fingerprint density at radius 1 is 0.585 bits per heavy atom. The number of benzene rings is 4. The van der Waals surface area contributed by atoms with Gasteiger partial charge in [-0.15, -0.1) is 0 Å². The van der Waals surface area contributed by atoms with Crippen LogP contribution in [0.1, 0.15) is 116 Å². The second-order valence-electron chi connectivity index (χ2n) is 22.2. The van der Waals surface area contributed by atoms with E-state index in [1.807, 2.05) is 40.1 Å². The molecule has 0 aliphatic carbocycles. The largest absolute Gasteiger partial charge is 0.378 e. The van der Waals surface area contributed by atoms with Gasteiger partial charge in [0, 0.05) is 100 Å². The molecule has 2 saturated heterocycles. The number of hydrogen-bond acceptors (Lipinski definition) is 14. The number of carbonyl (C=O) groups is 2. The molecule has 20 nitrogen and oxygen atoms in total. The van der Waals surface area contributed by atoms with E-state index in [4.69, 9.17) is 43.0 Å². The average Bonchev–Trinajstić information content (AvgIpc) is 4.18. The molecule has 4 heterocycles. The van der Waals surface area contributed by atoms with E-state index in [0.29, 0.717) is 137 Å². The van der Waals surface area contributed by atoms with Crippen LogP contribution in [0.15, 0.2) is 58.3 Å². The van der Waals surface area contributed by atoms with E-state index < -0.39 is 20.0 Å². The highest BCUT2D eigenvalue weighted by Crippen LogP contribution is 2.43. The van der Waals surface area contributed by atoms with Gasteiger partial charge in [-0.25, -0.2) is 36.7 Å². The van der Waals surface area contributed by atoms with E-state index in [2.05, 4.69) is 65.1 Å². The molecule has 4 amide bonds. The number of likely N-dealkylation sites (N-methyl/N-ethyl adjacent to an activating group) is 2. The molecular formula is C58H76Cl2N12O8S2. The summed E-state index contributed by atoms with van der Waals surface area (Å²) in [5, 5.41) is 43.6. The Balaban J connectivity index is 0.670. The lowest BCUT2D eigenvalue weighted by atomic mass is 9.81. The molecule has 4 aliphatic rings. The molecule has 24 heteroatoms. The molecule has 4 aliphatic heterocycles. The second-order valence-corrected chi connectivity index (χ2v) is 26.1. The summed E-state index contributed by atoms with van der Waals surface area (Å²) < 4.78 is 63.5. The van der Waals surface area contributed by atoms with Gasteiger partial charge in [0.1, 0.15) is 0 Å². The molecule has 0 saturated carbocycles. The number of unbranched alkanes of at least 4 members (excludes halogenated alkanes) is 1. The number of sulfonamides is 2. The van der Waals surface area contributed by atoms with Crippen LogP contribution in [0.5, 0.6) is 0 Å². The van der Waals surface area contributed by atoms with Crippen molar-refractivity contribution >= 4 is 55.3 Å². The van der Waals surface area contributed by atoms with Crippen molar-refractivity contribution in [2.75, 3.05) is 119 Å². The number of amides is 4. The number of fused-ring (bicyclic) bond motifs is 2. The van der Waals surface area contributed by atoms with E-state index in [-0.39, 0.29) is 45.5 Å². The molecule has 0 spiro atoms. The summed E-state index contributed by atoms with van der Waals surface area (Å²) >= 11 is 13.0. The van der Waals surface area contributed by atoms with Gasteiger partial charge in [-0.3, -0.25) is 0 Å². The lowest BCUT2D eigenvalue weighted by Gasteiger charge is -2.34. The minimum atomic E-state index is -4.03. The number of likely N-dealkylation sites (tertiary alicyclic amines) is 2. The predicted molar refractivity (Wildman–Crippen MR) is 315 cm³/mol.